The van der Waals surface area contributed by atoms with Crippen LogP contribution in [0.5, 0.6) is 11.5 Å². The molecule has 0 aliphatic carbocycles. The van der Waals surface area contributed by atoms with Gasteiger partial charge in [-0.3, -0.25) is 0 Å². The molecule has 28 heavy (non-hydrogen) atoms. The average molecular weight is 401 g/mol. The molecule has 2 aromatic carbocycles. The SMILES string of the molecule is CCN(Cc1ccc(OC)c(OC)c1)S(=O)(=O)c1cnn(-c2ccccc2)c1. The molecule has 7 nitrogen and oxygen atoms in total. The Hall–Kier alpha value is -2.84. The van der Waals surface area contributed by atoms with Crippen molar-refractivity contribution < 1.29 is 17.9 Å². The molecule has 0 unspecified atom stereocenters. The molecular formula is C20H23N3O4S. The number of rotatable bonds is 8. The van der Waals surface area contributed by atoms with Gasteiger partial charge >= 0.3 is 0 Å². The molecule has 0 saturated carbocycles. The molecule has 3 aromatic rings. The van der Waals surface area contributed by atoms with Crippen LogP contribution in [0, 0.1) is 0 Å². The quantitative estimate of drug-likeness (QED) is 0.580. The number of benzene rings is 2. The van der Waals surface area contributed by atoms with E-state index < -0.39 is 10.0 Å². The van der Waals surface area contributed by atoms with Gasteiger partial charge < -0.3 is 9.47 Å². The van der Waals surface area contributed by atoms with Crippen molar-refractivity contribution in [2.75, 3.05) is 20.8 Å². The van der Waals surface area contributed by atoms with Gasteiger partial charge in [-0.05, 0) is 29.8 Å². The fourth-order valence-corrected chi connectivity index (χ4v) is 4.23. The Kier molecular flexibility index (Phi) is 6.01. The average Bonchev–Trinajstić information content (AvgIpc) is 3.23. The van der Waals surface area contributed by atoms with E-state index in [0.29, 0.717) is 18.0 Å². The van der Waals surface area contributed by atoms with Gasteiger partial charge in [0.2, 0.25) is 10.0 Å². The molecule has 8 heteroatoms. The predicted molar refractivity (Wildman–Crippen MR) is 106 cm³/mol. The third-order valence-corrected chi connectivity index (χ3v) is 6.25. The third kappa shape index (κ3) is 4.02. The van der Waals surface area contributed by atoms with Gasteiger partial charge in [0.1, 0.15) is 4.90 Å². The molecule has 0 aliphatic rings. The van der Waals surface area contributed by atoms with Gasteiger partial charge in [0, 0.05) is 13.1 Å². The first-order valence-corrected chi connectivity index (χ1v) is 10.2. The zero-order chi connectivity index (χ0) is 20.1. The Balaban J connectivity index is 1.86. The van der Waals surface area contributed by atoms with Crippen LogP contribution in [0.4, 0.5) is 0 Å². The summed E-state index contributed by atoms with van der Waals surface area (Å²) in [6.07, 6.45) is 2.90. The molecule has 0 aliphatic heterocycles. The van der Waals surface area contributed by atoms with E-state index in [1.807, 2.05) is 36.4 Å². The maximum absolute atomic E-state index is 13.1. The molecule has 1 aromatic heterocycles. The van der Waals surface area contributed by atoms with E-state index in [4.69, 9.17) is 9.47 Å². The van der Waals surface area contributed by atoms with Gasteiger partial charge in [-0.2, -0.15) is 9.40 Å². The Morgan fingerprint density at radius 2 is 1.75 bits per heavy atom. The summed E-state index contributed by atoms with van der Waals surface area (Å²) < 4.78 is 39.7. The monoisotopic (exact) mass is 401 g/mol. The molecule has 0 radical (unpaired) electrons. The molecule has 0 N–H and O–H groups in total. The highest BCUT2D eigenvalue weighted by molar-refractivity contribution is 7.89. The number of hydrogen-bond acceptors (Lipinski definition) is 5. The minimum absolute atomic E-state index is 0.152. The van der Waals surface area contributed by atoms with E-state index in [1.165, 1.54) is 16.7 Å². The van der Waals surface area contributed by atoms with Gasteiger partial charge in [-0.25, -0.2) is 13.1 Å². The largest absolute Gasteiger partial charge is 0.493 e. The molecule has 0 amide bonds. The molecule has 0 bridgehead atoms. The lowest BCUT2D eigenvalue weighted by Gasteiger charge is -2.20. The lowest BCUT2D eigenvalue weighted by molar-refractivity contribution is 0.353. The standard InChI is InChI=1S/C20H23N3O4S/c1-4-22(14-16-10-11-19(26-2)20(12-16)27-3)28(24,25)18-13-21-23(15-18)17-8-6-5-7-9-17/h5-13,15H,4,14H2,1-3H3. The zero-order valence-electron chi connectivity index (χ0n) is 16.1. The number of methoxy groups -OCH3 is 2. The Labute approximate surface area is 165 Å². The van der Waals surface area contributed by atoms with Gasteiger partial charge in [0.25, 0.3) is 0 Å². The molecule has 0 atom stereocenters. The van der Waals surface area contributed by atoms with E-state index in [-0.39, 0.29) is 11.4 Å². The number of aromatic nitrogens is 2. The number of ether oxygens (including phenoxy) is 2. The van der Waals surface area contributed by atoms with Crippen molar-refractivity contribution in [1.82, 2.24) is 14.1 Å². The van der Waals surface area contributed by atoms with Crippen LogP contribution in [0.25, 0.3) is 5.69 Å². The predicted octanol–water partition coefficient (Wildman–Crippen LogP) is 3.10. The van der Waals surface area contributed by atoms with Crippen molar-refractivity contribution in [1.29, 1.82) is 0 Å². The highest BCUT2D eigenvalue weighted by Crippen LogP contribution is 2.29. The fourth-order valence-electron chi connectivity index (χ4n) is 2.86. The summed E-state index contributed by atoms with van der Waals surface area (Å²) in [4.78, 5) is 0.152. The van der Waals surface area contributed by atoms with Crippen molar-refractivity contribution in [3.8, 4) is 17.2 Å². The summed E-state index contributed by atoms with van der Waals surface area (Å²) >= 11 is 0. The summed E-state index contributed by atoms with van der Waals surface area (Å²) in [7, 11) is -0.584. The van der Waals surface area contributed by atoms with Crippen LogP contribution in [0.1, 0.15) is 12.5 Å². The van der Waals surface area contributed by atoms with Crippen LogP contribution in [0.2, 0.25) is 0 Å². The summed E-state index contributed by atoms with van der Waals surface area (Å²) in [5.41, 5.74) is 1.60. The second-order valence-electron chi connectivity index (χ2n) is 6.08. The third-order valence-electron chi connectivity index (χ3n) is 4.38. The molecule has 3 rings (SSSR count). The lowest BCUT2D eigenvalue weighted by Crippen LogP contribution is -2.30. The molecule has 1 heterocycles. The minimum Gasteiger partial charge on any atom is -0.493 e. The maximum atomic E-state index is 13.1. The fraction of sp³-hybridized carbons (Fsp3) is 0.250. The first kappa shape index (κ1) is 19.9. The van der Waals surface area contributed by atoms with Crippen molar-refractivity contribution in [2.45, 2.75) is 18.4 Å². The second-order valence-corrected chi connectivity index (χ2v) is 8.01. The van der Waals surface area contributed by atoms with E-state index in [1.54, 1.807) is 38.0 Å². The number of sulfonamides is 1. The van der Waals surface area contributed by atoms with Gasteiger partial charge in [-0.1, -0.05) is 31.2 Å². The van der Waals surface area contributed by atoms with Crippen molar-refractivity contribution in [3.63, 3.8) is 0 Å². The maximum Gasteiger partial charge on any atom is 0.246 e. The Morgan fingerprint density at radius 1 is 1.04 bits per heavy atom. The van der Waals surface area contributed by atoms with Crippen LogP contribution in [0.15, 0.2) is 65.8 Å². The van der Waals surface area contributed by atoms with E-state index in [9.17, 15) is 8.42 Å². The molecule has 0 spiro atoms. The van der Waals surface area contributed by atoms with Crippen molar-refractivity contribution in [2.24, 2.45) is 0 Å². The van der Waals surface area contributed by atoms with Crippen LogP contribution >= 0.6 is 0 Å². The first-order valence-electron chi connectivity index (χ1n) is 8.80. The summed E-state index contributed by atoms with van der Waals surface area (Å²) in [5, 5.41) is 4.20. The number of para-hydroxylation sites is 1. The second kappa shape index (κ2) is 8.45. The number of nitrogens with zero attached hydrogens (tertiary/aromatic N) is 3. The van der Waals surface area contributed by atoms with E-state index >= 15 is 0 Å². The molecular weight excluding hydrogens is 378 g/mol. The molecule has 0 saturated heterocycles. The van der Waals surface area contributed by atoms with Crippen LogP contribution in [-0.2, 0) is 16.6 Å². The summed E-state index contributed by atoms with van der Waals surface area (Å²) in [6, 6.07) is 14.8. The van der Waals surface area contributed by atoms with Gasteiger partial charge in [0.15, 0.2) is 11.5 Å². The smallest absolute Gasteiger partial charge is 0.246 e. The first-order chi connectivity index (χ1) is 13.5. The molecule has 148 valence electrons. The van der Waals surface area contributed by atoms with E-state index in [2.05, 4.69) is 5.10 Å². The van der Waals surface area contributed by atoms with Crippen LogP contribution in [-0.4, -0.2) is 43.3 Å². The van der Waals surface area contributed by atoms with Crippen molar-refractivity contribution in [3.05, 3.63) is 66.5 Å². The minimum atomic E-state index is -3.69. The van der Waals surface area contributed by atoms with Crippen molar-refractivity contribution >= 4 is 10.0 Å². The summed E-state index contributed by atoms with van der Waals surface area (Å²) in [5.74, 6) is 1.16. The van der Waals surface area contributed by atoms with E-state index in [0.717, 1.165) is 11.3 Å². The summed E-state index contributed by atoms with van der Waals surface area (Å²) in [6.45, 7) is 2.35. The topological polar surface area (TPSA) is 73.7 Å². The van der Waals surface area contributed by atoms with Gasteiger partial charge in [-0.15, -0.1) is 0 Å². The van der Waals surface area contributed by atoms with Crippen LogP contribution < -0.4 is 9.47 Å². The molecule has 0 fully saturated rings. The Bertz CT molecular complexity index is 1030. The lowest BCUT2D eigenvalue weighted by atomic mass is 10.2. The zero-order valence-corrected chi connectivity index (χ0v) is 16.9. The van der Waals surface area contributed by atoms with Crippen LogP contribution in [0.3, 0.4) is 0 Å². The number of hydrogen-bond donors (Lipinski definition) is 0. The highest BCUT2D eigenvalue weighted by Gasteiger charge is 2.25. The Morgan fingerprint density at radius 3 is 2.39 bits per heavy atom. The normalized spacial score (nSPS) is 11.6. The van der Waals surface area contributed by atoms with Gasteiger partial charge in [0.05, 0.1) is 32.3 Å². The highest BCUT2D eigenvalue weighted by atomic mass is 32.2.